The third-order valence-corrected chi connectivity index (χ3v) is 5.07. The number of nitrogens with two attached hydrogens (primary N) is 1. The molecule has 0 saturated heterocycles. The van der Waals surface area contributed by atoms with Crippen molar-refractivity contribution in [1.29, 1.82) is 0 Å². The summed E-state index contributed by atoms with van der Waals surface area (Å²) in [5.74, 6) is -0.606. The fourth-order valence-electron chi connectivity index (χ4n) is 1.38. The Hall–Kier alpha value is -1.15. The molecule has 3 N–H and O–H groups in total. The molecule has 0 radical (unpaired) electrons. The third-order valence-electron chi connectivity index (χ3n) is 2.31. The van der Waals surface area contributed by atoms with Crippen LogP contribution in [0.4, 0.5) is 10.1 Å². The molecule has 0 aliphatic carbocycles. The Kier molecular flexibility index (Phi) is 4.10. The first-order chi connectivity index (χ1) is 8.92. The van der Waals surface area contributed by atoms with Crippen molar-refractivity contribution < 1.29 is 12.8 Å². The van der Waals surface area contributed by atoms with Crippen LogP contribution in [0.15, 0.2) is 34.5 Å². The van der Waals surface area contributed by atoms with E-state index < -0.39 is 15.8 Å². The van der Waals surface area contributed by atoms with Crippen LogP contribution < -0.4 is 10.5 Å². The van der Waals surface area contributed by atoms with Gasteiger partial charge in [-0.3, -0.25) is 4.72 Å². The molecule has 0 aliphatic heterocycles. The predicted octanol–water partition coefficient (Wildman–Crippen LogP) is 2.80. The molecule has 19 heavy (non-hydrogen) atoms. The van der Waals surface area contributed by atoms with E-state index >= 15 is 0 Å². The van der Waals surface area contributed by atoms with Gasteiger partial charge in [0.05, 0.1) is 15.6 Å². The molecule has 8 heteroatoms. The monoisotopic (exact) mass is 320 g/mol. The maximum Gasteiger partial charge on any atom is 0.262 e. The molecule has 0 spiro atoms. The number of anilines is 1. The zero-order valence-corrected chi connectivity index (χ0v) is 11.9. The van der Waals surface area contributed by atoms with Crippen LogP contribution in [0.25, 0.3) is 0 Å². The van der Waals surface area contributed by atoms with Crippen molar-refractivity contribution >= 4 is 38.6 Å². The van der Waals surface area contributed by atoms with E-state index in [1.54, 1.807) is 0 Å². The lowest BCUT2D eigenvalue weighted by molar-refractivity contribution is 0.601. The van der Waals surface area contributed by atoms with Gasteiger partial charge in [-0.25, -0.2) is 12.8 Å². The fourth-order valence-corrected chi connectivity index (χ4v) is 3.77. The van der Waals surface area contributed by atoms with Gasteiger partial charge < -0.3 is 5.73 Å². The Bertz CT molecular complexity index is 700. The summed E-state index contributed by atoms with van der Waals surface area (Å²) in [4.78, 5) is 0.885. The number of nitrogens with one attached hydrogen (secondary N) is 1. The predicted molar refractivity (Wildman–Crippen MR) is 74.4 cm³/mol. The molecule has 0 aliphatic rings. The van der Waals surface area contributed by atoms with Crippen molar-refractivity contribution in [2.45, 2.75) is 11.4 Å². The van der Waals surface area contributed by atoms with Crippen molar-refractivity contribution in [3.8, 4) is 0 Å². The molecule has 1 aromatic heterocycles. The van der Waals surface area contributed by atoms with Crippen molar-refractivity contribution in [1.82, 2.24) is 0 Å². The minimum Gasteiger partial charge on any atom is -0.326 e. The summed E-state index contributed by atoms with van der Waals surface area (Å²) in [7, 11) is -3.71. The van der Waals surface area contributed by atoms with E-state index in [0.717, 1.165) is 10.9 Å². The molecule has 0 atom stereocenters. The van der Waals surface area contributed by atoms with Gasteiger partial charge >= 0.3 is 0 Å². The third kappa shape index (κ3) is 3.24. The molecule has 1 aromatic carbocycles. The first kappa shape index (κ1) is 14.3. The van der Waals surface area contributed by atoms with E-state index in [2.05, 4.69) is 4.72 Å². The van der Waals surface area contributed by atoms with E-state index in [9.17, 15) is 12.8 Å². The molecule has 0 fully saturated rings. The van der Waals surface area contributed by atoms with Gasteiger partial charge in [-0.1, -0.05) is 11.6 Å². The quantitative estimate of drug-likeness (QED) is 0.910. The second-order valence-electron chi connectivity index (χ2n) is 3.69. The van der Waals surface area contributed by atoms with Crippen LogP contribution in [0.2, 0.25) is 5.02 Å². The van der Waals surface area contributed by atoms with Crippen molar-refractivity contribution in [3.05, 3.63) is 45.4 Å². The maximum atomic E-state index is 13.0. The topological polar surface area (TPSA) is 72.2 Å². The van der Waals surface area contributed by atoms with E-state index in [0.29, 0.717) is 0 Å². The standard InChI is InChI=1S/C11H10ClFN2O2S2/c12-10-3-7(1-2-11(10)13)15-19(16,17)9-4-8(5-14)18-6-9/h1-4,6,15H,5,14H2. The highest BCUT2D eigenvalue weighted by Gasteiger charge is 2.16. The maximum absolute atomic E-state index is 13.0. The van der Waals surface area contributed by atoms with Crippen LogP contribution in [0, 0.1) is 5.82 Å². The average Bonchev–Trinajstić information content (AvgIpc) is 2.83. The molecule has 0 saturated carbocycles. The van der Waals surface area contributed by atoms with Gasteiger partial charge in [0.1, 0.15) is 5.82 Å². The lowest BCUT2D eigenvalue weighted by atomic mass is 10.3. The van der Waals surface area contributed by atoms with Crippen LogP contribution in [-0.4, -0.2) is 8.42 Å². The molecule has 4 nitrogen and oxygen atoms in total. The van der Waals surface area contributed by atoms with Gasteiger partial charge in [0.2, 0.25) is 0 Å². The number of rotatable bonds is 4. The zero-order chi connectivity index (χ0) is 14.0. The van der Waals surface area contributed by atoms with Crippen LogP contribution in [0.5, 0.6) is 0 Å². The first-order valence-corrected chi connectivity index (χ1v) is 7.92. The highest BCUT2D eigenvalue weighted by atomic mass is 35.5. The number of sulfonamides is 1. The lowest BCUT2D eigenvalue weighted by Gasteiger charge is -2.07. The van der Waals surface area contributed by atoms with E-state index in [-0.39, 0.29) is 22.2 Å². The van der Waals surface area contributed by atoms with Crippen LogP contribution >= 0.6 is 22.9 Å². The molecule has 0 bridgehead atoms. The number of hydrogen-bond acceptors (Lipinski definition) is 4. The number of thiophene rings is 1. The second-order valence-corrected chi connectivity index (χ2v) is 6.77. The molecule has 1 heterocycles. The normalized spacial score (nSPS) is 11.5. The van der Waals surface area contributed by atoms with E-state index in [4.69, 9.17) is 17.3 Å². The molecule has 2 aromatic rings. The largest absolute Gasteiger partial charge is 0.326 e. The summed E-state index contributed by atoms with van der Waals surface area (Å²) < 4.78 is 39.4. The zero-order valence-electron chi connectivity index (χ0n) is 9.56. The van der Waals surface area contributed by atoms with E-state index in [1.165, 1.54) is 34.9 Å². The summed E-state index contributed by atoms with van der Waals surface area (Å²) in [5, 5.41) is 1.35. The summed E-state index contributed by atoms with van der Waals surface area (Å²) in [5.41, 5.74) is 5.63. The molecule has 102 valence electrons. The summed E-state index contributed by atoms with van der Waals surface area (Å²) in [6, 6.07) is 5.11. The summed E-state index contributed by atoms with van der Waals surface area (Å²) in [6.45, 7) is 0.280. The number of benzene rings is 1. The van der Waals surface area contributed by atoms with Crippen molar-refractivity contribution in [2.24, 2.45) is 5.73 Å². The number of hydrogen-bond donors (Lipinski definition) is 2. The molecule has 2 rings (SSSR count). The summed E-state index contributed by atoms with van der Waals surface area (Å²) >= 11 is 6.85. The highest BCUT2D eigenvalue weighted by Crippen LogP contribution is 2.24. The minimum atomic E-state index is -3.71. The average molecular weight is 321 g/mol. The SMILES string of the molecule is NCc1cc(S(=O)(=O)Nc2ccc(F)c(Cl)c2)cs1. The Labute approximate surface area is 119 Å². The van der Waals surface area contributed by atoms with Crippen molar-refractivity contribution in [3.63, 3.8) is 0 Å². The highest BCUT2D eigenvalue weighted by molar-refractivity contribution is 7.92. The molecule has 0 amide bonds. The Morgan fingerprint density at radius 1 is 1.37 bits per heavy atom. The molecular weight excluding hydrogens is 311 g/mol. The number of halogens is 2. The van der Waals surface area contributed by atoms with Crippen LogP contribution in [-0.2, 0) is 16.6 Å². The van der Waals surface area contributed by atoms with Gasteiger partial charge in [0, 0.05) is 16.8 Å². The Morgan fingerprint density at radius 2 is 2.11 bits per heavy atom. The second kappa shape index (κ2) is 5.46. The molecule has 0 unspecified atom stereocenters. The van der Waals surface area contributed by atoms with E-state index in [1.807, 2.05) is 0 Å². The summed E-state index contributed by atoms with van der Waals surface area (Å²) in [6.07, 6.45) is 0. The van der Waals surface area contributed by atoms with Gasteiger partial charge in [-0.2, -0.15) is 0 Å². The Morgan fingerprint density at radius 3 is 2.68 bits per heavy atom. The van der Waals surface area contributed by atoms with Crippen molar-refractivity contribution in [2.75, 3.05) is 4.72 Å². The Balaban J connectivity index is 2.28. The first-order valence-electron chi connectivity index (χ1n) is 5.18. The minimum absolute atomic E-state index is 0.124. The van der Waals surface area contributed by atoms with Gasteiger partial charge in [-0.15, -0.1) is 11.3 Å². The molecular formula is C11H10ClFN2O2S2. The van der Waals surface area contributed by atoms with Crippen LogP contribution in [0.3, 0.4) is 0 Å². The fraction of sp³-hybridized carbons (Fsp3) is 0.0909. The smallest absolute Gasteiger partial charge is 0.262 e. The lowest BCUT2D eigenvalue weighted by Crippen LogP contribution is -2.12. The van der Waals surface area contributed by atoms with Gasteiger partial charge in [0.15, 0.2) is 0 Å². The van der Waals surface area contributed by atoms with Gasteiger partial charge in [0.25, 0.3) is 10.0 Å². The van der Waals surface area contributed by atoms with Crippen LogP contribution in [0.1, 0.15) is 4.88 Å². The van der Waals surface area contributed by atoms with Gasteiger partial charge in [-0.05, 0) is 24.3 Å².